The van der Waals surface area contributed by atoms with Gasteiger partial charge in [0.25, 0.3) is 5.91 Å². The number of amides is 2. The lowest BCUT2D eigenvalue weighted by Gasteiger charge is -2.41. The molecule has 3 rings (SSSR count). The van der Waals surface area contributed by atoms with Gasteiger partial charge in [-0.2, -0.15) is 0 Å². The minimum Gasteiger partial charge on any atom is -0.351 e. The van der Waals surface area contributed by atoms with Crippen LogP contribution in [0.5, 0.6) is 0 Å². The molecule has 0 saturated carbocycles. The van der Waals surface area contributed by atoms with Gasteiger partial charge in [0.05, 0.1) is 11.8 Å². The number of anilines is 1. The Morgan fingerprint density at radius 2 is 2.21 bits per heavy atom. The molecule has 0 aliphatic carbocycles. The predicted molar refractivity (Wildman–Crippen MR) is 109 cm³/mol. The standard InChI is InChI=1S/C20H28N6O2/c1-5-7-14-12-25(8-9-26(14)17(27)6-2)16-11-22-19-18(24-16)15(10-21-19)20(28)23-13(3)4/h6,10-11,13-14H,2,5,7-9,12H2,1,3-4H3,(H,21,22)(H,23,28)/t14-/m1/s1. The zero-order chi connectivity index (χ0) is 20.3. The van der Waals surface area contributed by atoms with Gasteiger partial charge in [0, 0.05) is 37.9 Å². The van der Waals surface area contributed by atoms with Crippen LogP contribution in [0, 0.1) is 0 Å². The topological polar surface area (TPSA) is 94.2 Å². The van der Waals surface area contributed by atoms with Crippen LogP contribution in [0.25, 0.3) is 11.2 Å². The smallest absolute Gasteiger partial charge is 0.255 e. The number of aromatic nitrogens is 3. The van der Waals surface area contributed by atoms with E-state index in [1.807, 2.05) is 18.7 Å². The van der Waals surface area contributed by atoms with Crippen LogP contribution in [0.2, 0.25) is 0 Å². The summed E-state index contributed by atoms with van der Waals surface area (Å²) in [5, 5.41) is 2.89. The van der Waals surface area contributed by atoms with Crippen LogP contribution in [0.15, 0.2) is 25.0 Å². The number of nitrogens with zero attached hydrogens (tertiary/aromatic N) is 4. The highest BCUT2D eigenvalue weighted by Gasteiger charge is 2.29. The average molecular weight is 384 g/mol. The van der Waals surface area contributed by atoms with E-state index in [0.29, 0.717) is 36.4 Å². The molecule has 1 aliphatic heterocycles. The molecule has 0 unspecified atom stereocenters. The van der Waals surface area contributed by atoms with Crippen LogP contribution in [0.4, 0.5) is 5.82 Å². The second kappa shape index (κ2) is 8.41. The molecule has 1 atom stereocenters. The van der Waals surface area contributed by atoms with Crippen LogP contribution in [-0.4, -0.2) is 63.4 Å². The van der Waals surface area contributed by atoms with E-state index in [-0.39, 0.29) is 23.9 Å². The Morgan fingerprint density at radius 1 is 1.43 bits per heavy atom. The van der Waals surface area contributed by atoms with Crippen molar-refractivity contribution in [2.75, 3.05) is 24.5 Å². The highest BCUT2D eigenvalue weighted by atomic mass is 16.2. The first-order chi connectivity index (χ1) is 13.4. The van der Waals surface area contributed by atoms with E-state index in [9.17, 15) is 9.59 Å². The first-order valence-electron chi connectivity index (χ1n) is 9.77. The van der Waals surface area contributed by atoms with Crippen molar-refractivity contribution < 1.29 is 9.59 Å². The Bertz CT molecular complexity index is 875. The maximum Gasteiger partial charge on any atom is 0.255 e. The number of nitrogens with one attached hydrogen (secondary N) is 2. The number of hydrogen-bond donors (Lipinski definition) is 2. The number of H-pyrrole nitrogens is 1. The van der Waals surface area contributed by atoms with Crippen molar-refractivity contribution in [3.8, 4) is 0 Å². The van der Waals surface area contributed by atoms with E-state index in [1.54, 1.807) is 12.4 Å². The van der Waals surface area contributed by atoms with Gasteiger partial charge in [-0.25, -0.2) is 9.97 Å². The highest BCUT2D eigenvalue weighted by Crippen LogP contribution is 2.23. The van der Waals surface area contributed by atoms with Crippen LogP contribution in [-0.2, 0) is 4.79 Å². The first kappa shape index (κ1) is 19.9. The fourth-order valence-corrected chi connectivity index (χ4v) is 3.60. The van der Waals surface area contributed by atoms with Gasteiger partial charge in [-0.3, -0.25) is 9.59 Å². The van der Waals surface area contributed by atoms with Crippen LogP contribution >= 0.6 is 0 Å². The lowest BCUT2D eigenvalue weighted by Crippen LogP contribution is -2.55. The van der Waals surface area contributed by atoms with Crippen molar-refractivity contribution in [2.24, 2.45) is 0 Å². The maximum atomic E-state index is 12.4. The molecule has 8 nitrogen and oxygen atoms in total. The molecule has 150 valence electrons. The lowest BCUT2D eigenvalue weighted by molar-refractivity contribution is -0.128. The Hall–Kier alpha value is -2.90. The summed E-state index contributed by atoms with van der Waals surface area (Å²) in [5.41, 5.74) is 1.64. The van der Waals surface area contributed by atoms with E-state index in [2.05, 4.69) is 33.7 Å². The third kappa shape index (κ3) is 4.00. The fraction of sp³-hybridized carbons (Fsp3) is 0.500. The quantitative estimate of drug-likeness (QED) is 0.744. The van der Waals surface area contributed by atoms with Gasteiger partial charge in [0.1, 0.15) is 11.3 Å². The SMILES string of the molecule is C=CC(=O)N1CCN(c2cnc3[nH]cc(C(=O)NC(C)C)c3n2)C[C@H]1CCC. The summed E-state index contributed by atoms with van der Waals surface area (Å²) in [6.07, 6.45) is 6.65. The van der Waals surface area contributed by atoms with E-state index in [4.69, 9.17) is 4.98 Å². The average Bonchev–Trinajstić information content (AvgIpc) is 3.10. The molecule has 0 aromatic carbocycles. The van der Waals surface area contributed by atoms with Crippen molar-refractivity contribution in [1.29, 1.82) is 0 Å². The molecule has 3 heterocycles. The van der Waals surface area contributed by atoms with Gasteiger partial charge in [0.2, 0.25) is 5.91 Å². The number of carbonyl (C=O) groups is 2. The summed E-state index contributed by atoms with van der Waals surface area (Å²) in [7, 11) is 0. The molecule has 28 heavy (non-hydrogen) atoms. The third-order valence-corrected chi connectivity index (χ3v) is 4.92. The van der Waals surface area contributed by atoms with E-state index in [1.165, 1.54) is 6.08 Å². The zero-order valence-corrected chi connectivity index (χ0v) is 16.7. The number of rotatable bonds is 6. The van der Waals surface area contributed by atoms with Crippen molar-refractivity contribution in [2.45, 2.75) is 45.7 Å². The summed E-state index contributed by atoms with van der Waals surface area (Å²) in [5.74, 6) is 0.522. The fourth-order valence-electron chi connectivity index (χ4n) is 3.60. The lowest BCUT2D eigenvalue weighted by atomic mass is 10.1. The number of hydrogen-bond acceptors (Lipinski definition) is 5. The summed E-state index contributed by atoms with van der Waals surface area (Å²) in [6.45, 7) is 11.5. The molecule has 1 fully saturated rings. The van der Waals surface area contributed by atoms with Crippen molar-refractivity contribution in [3.63, 3.8) is 0 Å². The molecule has 1 saturated heterocycles. The molecule has 2 aromatic heterocycles. The maximum absolute atomic E-state index is 12.4. The molecule has 0 spiro atoms. The molecule has 2 N–H and O–H groups in total. The van der Waals surface area contributed by atoms with Crippen molar-refractivity contribution in [3.05, 3.63) is 30.6 Å². The van der Waals surface area contributed by atoms with Gasteiger partial charge in [-0.15, -0.1) is 0 Å². The summed E-state index contributed by atoms with van der Waals surface area (Å²) in [4.78, 5) is 40.8. The number of aromatic amines is 1. The summed E-state index contributed by atoms with van der Waals surface area (Å²) >= 11 is 0. The van der Waals surface area contributed by atoms with Crippen LogP contribution in [0.3, 0.4) is 0 Å². The largest absolute Gasteiger partial charge is 0.351 e. The molecule has 8 heteroatoms. The Balaban J connectivity index is 1.86. The van der Waals surface area contributed by atoms with E-state index < -0.39 is 0 Å². The second-order valence-corrected chi connectivity index (χ2v) is 7.38. The molecular weight excluding hydrogens is 356 g/mol. The minimum absolute atomic E-state index is 0.0297. The minimum atomic E-state index is -0.169. The number of fused-ring (bicyclic) bond motifs is 1. The second-order valence-electron chi connectivity index (χ2n) is 7.38. The van der Waals surface area contributed by atoms with Gasteiger partial charge in [0.15, 0.2) is 5.65 Å². The molecule has 2 amide bonds. The summed E-state index contributed by atoms with van der Waals surface area (Å²) < 4.78 is 0. The van der Waals surface area contributed by atoms with Crippen molar-refractivity contribution in [1.82, 2.24) is 25.2 Å². The molecule has 0 radical (unpaired) electrons. The Morgan fingerprint density at radius 3 is 2.89 bits per heavy atom. The van der Waals surface area contributed by atoms with Gasteiger partial charge < -0.3 is 20.1 Å². The molecule has 0 bridgehead atoms. The third-order valence-electron chi connectivity index (χ3n) is 4.92. The monoisotopic (exact) mass is 384 g/mol. The Labute approximate surface area is 165 Å². The predicted octanol–water partition coefficient (Wildman–Crippen LogP) is 2.10. The first-order valence-corrected chi connectivity index (χ1v) is 9.77. The van der Waals surface area contributed by atoms with Crippen molar-refractivity contribution >= 4 is 28.8 Å². The normalized spacial score (nSPS) is 17.2. The van der Waals surface area contributed by atoms with Gasteiger partial charge in [-0.1, -0.05) is 19.9 Å². The molecule has 1 aliphatic rings. The van der Waals surface area contributed by atoms with Crippen LogP contribution < -0.4 is 10.2 Å². The van der Waals surface area contributed by atoms with Gasteiger partial charge in [-0.05, 0) is 26.3 Å². The summed E-state index contributed by atoms with van der Waals surface area (Å²) in [6, 6.07) is 0.149. The van der Waals surface area contributed by atoms with Crippen LogP contribution in [0.1, 0.15) is 44.0 Å². The highest BCUT2D eigenvalue weighted by molar-refractivity contribution is 6.04. The number of carbonyl (C=O) groups excluding carboxylic acids is 2. The molecule has 2 aromatic rings. The molecular formula is C20H28N6O2. The zero-order valence-electron chi connectivity index (χ0n) is 16.7. The number of piperazine rings is 1. The van der Waals surface area contributed by atoms with E-state index >= 15 is 0 Å². The Kier molecular flexibility index (Phi) is 5.96. The van der Waals surface area contributed by atoms with Gasteiger partial charge >= 0.3 is 0 Å². The van der Waals surface area contributed by atoms with E-state index in [0.717, 1.165) is 18.7 Å².